The van der Waals surface area contributed by atoms with Gasteiger partial charge in [-0.1, -0.05) is 0 Å². The minimum atomic E-state index is -0.211. The Hall–Kier alpha value is 2.10. The van der Waals surface area contributed by atoms with E-state index in [-0.39, 0.29) is 31.8 Å². The molecule has 10 aliphatic rings. The summed E-state index contributed by atoms with van der Waals surface area (Å²) in [6.45, 7) is 9.75. The first-order valence-corrected chi connectivity index (χ1v) is 25.6. The molecule has 0 N–H and O–H groups in total. The van der Waals surface area contributed by atoms with E-state index >= 15 is 0 Å². The predicted octanol–water partition coefficient (Wildman–Crippen LogP) is 12.4. The van der Waals surface area contributed by atoms with Crippen LogP contribution in [0.4, 0.5) is 0 Å². The number of rotatable bonds is 6. The Morgan fingerprint density at radius 3 is 1.05 bits per heavy atom. The number of hydrogen-bond acceptors (Lipinski definition) is 0. The normalized spacial score (nSPS) is 43.6. The van der Waals surface area contributed by atoms with Crippen LogP contribution < -0.4 is 0 Å². The van der Waals surface area contributed by atoms with Gasteiger partial charge in [0.05, 0.1) is 32.9 Å². The molecule has 10 fully saturated rings. The van der Waals surface area contributed by atoms with E-state index in [4.69, 9.17) is 19.1 Å². The summed E-state index contributed by atoms with van der Waals surface area (Å²) in [6.07, 6.45) is 32.9. The Balaban J connectivity index is 0.000000171. The Morgan fingerprint density at radius 2 is 0.780 bits per heavy atom. The third-order valence-electron chi connectivity index (χ3n) is 14.1. The zero-order chi connectivity index (χ0) is 28.8. The Morgan fingerprint density at radius 1 is 0.512 bits per heavy atom. The molecule has 240 valence electrons. The molecule has 8 bridgehead atoms. The number of hydrogen-bond donors (Lipinski definition) is 0. The van der Waals surface area contributed by atoms with E-state index in [1.807, 2.05) is 0 Å². The van der Waals surface area contributed by atoms with E-state index < -0.39 is 0 Å². The van der Waals surface area contributed by atoms with Gasteiger partial charge in [-0.05, 0) is 192 Å². The fourth-order valence-corrected chi connectivity index (χ4v) is 25.6. The first-order chi connectivity index (χ1) is 19.7. The van der Waals surface area contributed by atoms with Gasteiger partial charge in [-0.2, -0.15) is 0 Å². The van der Waals surface area contributed by atoms with Crippen molar-refractivity contribution in [2.24, 2.45) is 35.5 Å². The van der Waals surface area contributed by atoms with Crippen LogP contribution in [0.5, 0.6) is 0 Å². The van der Waals surface area contributed by atoms with Crippen LogP contribution in [0, 0.1) is 35.5 Å². The van der Waals surface area contributed by atoms with Gasteiger partial charge in [0.25, 0.3) is 0 Å². The molecule has 0 unspecified atom stereocenters. The molecular weight excluding hydrogens is 672 g/mol. The first kappa shape index (κ1) is 33.0. The van der Waals surface area contributed by atoms with E-state index in [1.165, 1.54) is 54.0 Å². The topological polar surface area (TPSA) is 0 Å². The second kappa shape index (κ2) is 14.1. The maximum absolute atomic E-state index is 4.81. The van der Waals surface area contributed by atoms with Crippen LogP contribution in [0.2, 0.25) is 0 Å². The molecule has 41 heavy (non-hydrogen) atoms. The summed E-state index contributed by atoms with van der Waals surface area (Å²) < 4.78 is 0. The molecule has 0 aliphatic heterocycles. The summed E-state index contributed by atoms with van der Waals surface area (Å²) in [5.74, 6) is 7.06. The minimum absolute atomic E-state index is 0.0563. The van der Waals surface area contributed by atoms with Gasteiger partial charge in [-0.3, -0.25) is 0 Å². The van der Waals surface area contributed by atoms with Crippen LogP contribution in [0.3, 0.4) is 0 Å². The van der Waals surface area contributed by atoms with Gasteiger partial charge < -0.3 is 0 Å². The van der Waals surface area contributed by atoms with Crippen molar-refractivity contribution >= 4 is 34.9 Å². The number of halogens is 2. The summed E-state index contributed by atoms with van der Waals surface area (Å²) in [5, 5.41) is 1.86. The van der Waals surface area contributed by atoms with Crippen LogP contribution in [-0.4, -0.2) is 32.9 Å². The van der Waals surface area contributed by atoms with Crippen molar-refractivity contribution in [3.63, 3.8) is 0 Å². The monoisotopic (exact) mass is 734 g/mol. The van der Waals surface area contributed by atoms with Crippen LogP contribution >= 0.6 is 34.9 Å². The molecule has 0 atom stereocenters. The summed E-state index contributed by atoms with van der Waals surface area (Å²) >= 11 is -0.106. The van der Waals surface area contributed by atoms with Crippen LogP contribution in [0.1, 0.15) is 156 Å². The zero-order valence-corrected chi connectivity index (χ0v) is 32.1. The standard InChI is InChI=1S/C25H39P.C11H23P.2ClH.Pd/c1-2-4-23(3-1)26(24-11-17-5-18(12-24)7-19(6-17)13-24)25-14-20-8-21(15-25)10-22(9-20)16-25;1-9(2)12(10(3)4)11-7-5-6-8-11;;;/h17-23H,1-16H2;9-11H,5-8H2,1-4H3;2*1H;/q;;;;+2. The van der Waals surface area contributed by atoms with Gasteiger partial charge in [0.2, 0.25) is 0 Å². The van der Waals surface area contributed by atoms with Gasteiger partial charge in [0.1, 0.15) is 0 Å². The van der Waals surface area contributed by atoms with Crippen LogP contribution in [0.25, 0.3) is 0 Å². The summed E-state index contributed by atoms with van der Waals surface area (Å²) in [5.41, 5.74) is 4.36. The maximum atomic E-state index is 4.81. The molecule has 0 aromatic heterocycles. The van der Waals surface area contributed by atoms with Crippen LogP contribution in [0.15, 0.2) is 0 Å². The average molecular weight is 736 g/mol. The van der Waals surface area contributed by atoms with Crippen molar-refractivity contribution in [1.82, 2.24) is 0 Å². The second-order valence-corrected chi connectivity index (χ2v) is 27.9. The third-order valence-corrected chi connectivity index (χ3v) is 23.2. The Bertz CT molecular complexity index is 726. The molecule has 10 saturated carbocycles. The predicted molar refractivity (Wildman–Crippen MR) is 185 cm³/mol. The summed E-state index contributed by atoms with van der Waals surface area (Å²) in [6, 6.07) is 0. The molecule has 0 saturated heterocycles. The fraction of sp³-hybridized carbons (Fsp3) is 1.00. The molecule has 0 amide bonds. The van der Waals surface area contributed by atoms with Gasteiger partial charge in [-0.25, -0.2) is 0 Å². The van der Waals surface area contributed by atoms with Crippen molar-refractivity contribution in [1.29, 1.82) is 0 Å². The molecule has 0 spiro atoms. The van der Waals surface area contributed by atoms with Gasteiger partial charge >= 0.3 is 35.0 Å². The summed E-state index contributed by atoms with van der Waals surface area (Å²) in [4.78, 5) is 0. The molecule has 10 aliphatic carbocycles. The molecular formula is C36H64Cl2P2Pd+2. The first-order valence-electron chi connectivity index (χ1n) is 18.3. The van der Waals surface area contributed by atoms with Crippen molar-refractivity contribution in [3.8, 4) is 0 Å². The average Bonchev–Trinajstić information content (AvgIpc) is 3.58. The van der Waals surface area contributed by atoms with Crippen molar-refractivity contribution < 1.29 is 15.9 Å². The Kier molecular flexibility index (Phi) is 11.3. The zero-order valence-electron chi connectivity index (χ0n) is 27.0. The van der Waals surface area contributed by atoms with Crippen molar-refractivity contribution in [2.45, 2.75) is 189 Å². The second-order valence-electron chi connectivity index (χ2n) is 17.6. The molecule has 0 radical (unpaired) electrons. The van der Waals surface area contributed by atoms with E-state index in [0.717, 1.165) is 27.3 Å². The van der Waals surface area contributed by atoms with Gasteiger partial charge in [0, 0.05) is 15.8 Å². The Labute approximate surface area is 273 Å². The molecule has 0 aromatic carbocycles. The third kappa shape index (κ3) is 7.04. The van der Waals surface area contributed by atoms with Gasteiger partial charge in [-0.15, -0.1) is 0 Å². The molecule has 0 heterocycles. The van der Waals surface area contributed by atoms with E-state index in [9.17, 15) is 0 Å². The van der Waals surface area contributed by atoms with E-state index in [1.54, 1.807) is 116 Å². The SMILES string of the molecule is C1CCC([PH+](C23CC4CC(CC(C4)C2)C3)C23CC4CC(CC(C4)C2)C3)C1.CC(C)[PH+](C(C)C)C1CCCC1.[Cl][Pd][Cl]. The molecule has 0 nitrogen and oxygen atoms in total. The molecule has 0 aromatic rings. The van der Waals surface area contributed by atoms with Crippen molar-refractivity contribution in [3.05, 3.63) is 0 Å². The van der Waals surface area contributed by atoms with E-state index in [0.29, 0.717) is 0 Å². The molecule has 5 heteroatoms. The fourth-order valence-electron chi connectivity index (χ4n) is 14.4. The quantitative estimate of drug-likeness (QED) is 0.188. The van der Waals surface area contributed by atoms with E-state index in [2.05, 4.69) is 27.7 Å². The van der Waals surface area contributed by atoms with Crippen molar-refractivity contribution in [2.75, 3.05) is 0 Å². The summed E-state index contributed by atoms with van der Waals surface area (Å²) in [7, 11) is 9.36. The molecule has 10 rings (SSSR count). The van der Waals surface area contributed by atoms with Gasteiger partial charge in [0.15, 0.2) is 0 Å². The van der Waals surface area contributed by atoms with Crippen LogP contribution in [-0.2, 0) is 15.9 Å².